The first-order valence-corrected chi connectivity index (χ1v) is 7.78. The Balaban J connectivity index is 2.17. The van der Waals surface area contributed by atoms with Crippen molar-refractivity contribution in [3.05, 3.63) is 11.3 Å². The van der Waals surface area contributed by atoms with Gasteiger partial charge < -0.3 is 10.2 Å². The predicted octanol–water partition coefficient (Wildman–Crippen LogP) is 1.37. The zero-order valence-electron chi connectivity index (χ0n) is 13.6. The molecular formula is C15H29N5. The Kier molecular flexibility index (Phi) is 5.05. The van der Waals surface area contributed by atoms with Crippen LogP contribution in [0.2, 0.25) is 0 Å². The van der Waals surface area contributed by atoms with E-state index in [-0.39, 0.29) is 0 Å². The van der Waals surface area contributed by atoms with E-state index in [4.69, 9.17) is 0 Å². The van der Waals surface area contributed by atoms with Gasteiger partial charge in [0, 0.05) is 38.3 Å². The Hall–Kier alpha value is -1.07. The monoisotopic (exact) mass is 279 g/mol. The minimum absolute atomic E-state index is 0.683. The van der Waals surface area contributed by atoms with E-state index in [0.29, 0.717) is 6.04 Å². The molecule has 1 aliphatic rings. The fourth-order valence-electron chi connectivity index (χ4n) is 3.44. The highest BCUT2D eigenvalue weighted by Crippen LogP contribution is 2.28. The summed E-state index contributed by atoms with van der Waals surface area (Å²) in [4.78, 5) is 5.08. The van der Waals surface area contributed by atoms with E-state index in [0.717, 1.165) is 38.4 Å². The van der Waals surface area contributed by atoms with Crippen molar-refractivity contribution in [2.45, 2.75) is 39.8 Å². The average molecular weight is 279 g/mol. The molecule has 1 aromatic heterocycles. The Morgan fingerprint density at radius 3 is 2.65 bits per heavy atom. The molecule has 0 aromatic carbocycles. The first kappa shape index (κ1) is 15.3. The third-order valence-corrected chi connectivity index (χ3v) is 4.46. The molecule has 1 unspecified atom stereocenters. The lowest BCUT2D eigenvalue weighted by Crippen LogP contribution is -2.37. The fourth-order valence-corrected chi connectivity index (χ4v) is 3.44. The number of nitrogens with one attached hydrogen (secondary N) is 1. The maximum Gasteiger partial charge on any atom is 0.131 e. The Morgan fingerprint density at radius 2 is 2.05 bits per heavy atom. The molecule has 20 heavy (non-hydrogen) atoms. The predicted molar refractivity (Wildman–Crippen MR) is 84.2 cm³/mol. The second kappa shape index (κ2) is 6.59. The molecule has 1 N–H and O–H groups in total. The van der Waals surface area contributed by atoms with Gasteiger partial charge in [0.1, 0.15) is 5.82 Å². The van der Waals surface area contributed by atoms with E-state index < -0.39 is 0 Å². The van der Waals surface area contributed by atoms with E-state index in [1.54, 1.807) is 0 Å². The topological polar surface area (TPSA) is 36.3 Å². The highest BCUT2D eigenvalue weighted by atomic mass is 15.4. The van der Waals surface area contributed by atoms with Gasteiger partial charge in [-0.25, -0.2) is 0 Å². The molecule has 114 valence electrons. The molecule has 0 radical (unpaired) electrons. The highest BCUT2D eigenvalue weighted by Gasteiger charge is 2.29. The molecule has 1 aromatic rings. The number of likely N-dealkylation sites (N-methyl/N-ethyl adjacent to an activating group) is 1. The second-order valence-corrected chi connectivity index (χ2v) is 5.65. The lowest BCUT2D eigenvalue weighted by Gasteiger charge is -2.27. The molecule has 0 saturated carbocycles. The largest absolute Gasteiger partial charge is 0.355 e. The number of aromatic nitrogens is 2. The normalized spacial score (nSPS) is 19.3. The Bertz CT molecular complexity index is 436. The Labute approximate surface area is 122 Å². The summed E-state index contributed by atoms with van der Waals surface area (Å²) in [6, 6.07) is 0.683. The van der Waals surface area contributed by atoms with Crippen molar-refractivity contribution in [1.29, 1.82) is 0 Å². The zero-order chi connectivity index (χ0) is 14.7. The summed E-state index contributed by atoms with van der Waals surface area (Å²) in [5, 5.41) is 7.87. The standard InChI is InChI=1S/C15H29N5/c1-6-19(7-2)13-8-9-20(11-13)15-14(10-16-4)12(3)17-18(15)5/h13,16H,6-11H2,1-5H3. The van der Waals surface area contributed by atoms with Crippen LogP contribution in [0.15, 0.2) is 0 Å². The molecule has 0 amide bonds. The summed E-state index contributed by atoms with van der Waals surface area (Å²) < 4.78 is 2.05. The van der Waals surface area contributed by atoms with Gasteiger partial charge in [-0.15, -0.1) is 0 Å². The molecule has 5 heteroatoms. The van der Waals surface area contributed by atoms with Crippen molar-refractivity contribution in [2.24, 2.45) is 7.05 Å². The quantitative estimate of drug-likeness (QED) is 0.853. The van der Waals surface area contributed by atoms with Crippen LogP contribution in [-0.4, -0.2) is 53.9 Å². The first-order chi connectivity index (χ1) is 9.62. The van der Waals surface area contributed by atoms with Crippen LogP contribution in [0.3, 0.4) is 0 Å². The molecule has 0 spiro atoms. The molecule has 1 atom stereocenters. The average Bonchev–Trinajstić information content (AvgIpc) is 2.98. The van der Waals surface area contributed by atoms with Crippen molar-refractivity contribution in [2.75, 3.05) is 38.1 Å². The number of hydrogen-bond donors (Lipinski definition) is 1. The van der Waals surface area contributed by atoms with Crippen LogP contribution >= 0.6 is 0 Å². The fraction of sp³-hybridized carbons (Fsp3) is 0.800. The van der Waals surface area contributed by atoms with Crippen LogP contribution in [0.4, 0.5) is 5.82 Å². The number of rotatable bonds is 6. The molecule has 2 rings (SSSR count). The van der Waals surface area contributed by atoms with Crippen molar-refractivity contribution in [3.8, 4) is 0 Å². The van der Waals surface area contributed by atoms with Crippen LogP contribution in [-0.2, 0) is 13.6 Å². The van der Waals surface area contributed by atoms with E-state index in [2.05, 4.69) is 48.0 Å². The summed E-state index contributed by atoms with van der Waals surface area (Å²) in [6.07, 6.45) is 1.25. The number of nitrogens with zero attached hydrogens (tertiary/aromatic N) is 4. The first-order valence-electron chi connectivity index (χ1n) is 7.78. The van der Waals surface area contributed by atoms with Gasteiger partial charge in [0.05, 0.1) is 5.69 Å². The molecule has 1 fully saturated rings. The van der Waals surface area contributed by atoms with E-state index in [9.17, 15) is 0 Å². The molecule has 5 nitrogen and oxygen atoms in total. The molecular weight excluding hydrogens is 250 g/mol. The number of aryl methyl sites for hydroxylation is 2. The van der Waals surface area contributed by atoms with Gasteiger partial charge in [-0.2, -0.15) is 5.10 Å². The van der Waals surface area contributed by atoms with E-state index in [1.807, 2.05) is 11.7 Å². The van der Waals surface area contributed by atoms with Gasteiger partial charge in [-0.1, -0.05) is 13.8 Å². The number of hydrogen-bond acceptors (Lipinski definition) is 4. The number of anilines is 1. The molecule has 2 heterocycles. The third-order valence-electron chi connectivity index (χ3n) is 4.46. The van der Waals surface area contributed by atoms with Gasteiger partial charge in [0.25, 0.3) is 0 Å². The molecule has 0 aliphatic carbocycles. The summed E-state index contributed by atoms with van der Waals surface area (Å²) in [5.74, 6) is 1.30. The SMILES string of the molecule is CCN(CC)C1CCN(c2c(CNC)c(C)nn2C)C1. The van der Waals surface area contributed by atoms with Crippen LogP contribution in [0.25, 0.3) is 0 Å². The smallest absolute Gasteiger partial charge is 0.131 e. The summed E-state index contributed by atoms with van der Waals surface area (Å²) in [7, 11) is 4.06. The maximum atomic E-state index is 4.61. The van der Waals surface area contributed by atoms with Gasteiger partial charge >= 0.3 is 0 Å². The van der Waals surface area contributed by atoms with Crippen LogP contribution in [0.1, 0.15) is 31.5 Å². The lowest BCUT2D eigenvalue weighted by molar-refractivity contribution is 0.232. The van der Waals surface area contributed by atoms with E-state index in [1.165, 1.54) is 17.8 Å². The maximum absolute atomic E-state index is 4.61. The molecule has 1 aliphatic heterocycles. The minimum Gasteiger partial charge on any atom is -0.355 e. The van der Waals surface area contributed by atoms with Crippen molar-refractivity contribution in [3.63, 3.8) is 0 Å². The van der Waals surface area contributed by atoms with Crippen molar-refractivity contribution in [1.82, 2.24) is 20.0 Å². The lowest BCUT2D eigenvalue weighted by atomic mass is 10.2. The van der Waals surface area contributed by atoms with E-state index >= 15 is 0 Å². The van der Waals surface area contributed by atoms with Crippen molar-refractivity contribution < 1.29 is 0 Å². The van der Waals surface area contributed by atoms with Gasteiger partial charge in [-0.3, -0.25) is 9.58 Å². The molecule has 1 saturated heterocycles. The second-order valence-electron chi connectivity index (χ2n) is 5.65. The third kappa shape index (κ3) is 2.83. The summed E-state index contributed by atoms with van der Waals surface area (Å²) in [5.41, 5.74) is 2.48. The highest BCUT2D eigenvalue weighted by molar-refractivity contribution is 5.51. The van der Waals surface area contributed by atoms with Gasteiger partial charge in [-0.05, 0) is 33.5 Å². The van der Waals surface area contributed by atoms with Crippen LogP contribution < -0.4 is 10.2 Å². The van der Waals surface area contributed by atoms with Gasteiger partial charge in [0.15, 0.2) is 0 Å². The van der Waals surface area contributed by atoms with Crippen LogP contribution in [0, 0.1) is 6.92 Å². The zero-order valence-corrected chi connectivity index (χ0v) is 13.6. The minimum atomic E-state index is 0.683. The summed E-state index contributed by atoms with van der Waals surface area (Å²) >= 11 is 0. The van der Waals surface area contributed by atoms with Gasteiger partial charge in [0.2, 0.25) is 0 Å². The van der Waals surface area contributed by atoms with Crippen molar-refractivity contribution >= 4 is 5.82 Å². The van der Waals surface area contributed by atoms with Crippen LogP contribution in [0.5, 0.6) is 0 Å². The molecule has 0 bridgehead atoms. The summed E-state index contributed by atoms with van der Waals surface area (Å²) in [6.45, 7) is 12.1. The Morgan fingerprint density at radius 1 is 1.35 bits per heavy atom.